The first-order valence-corrected chi connectivity index (χ1v) is 14.3. The number of nitrogens with zero attached hydrogens (tertiary/aromatic N) is 6. The van der Waals surface area contributed by atoms with Crippen LogP contribution in [0, 0.1) is 5.82 Å². The number of amides is 1. The number of piperazine rings is 1. The van der Waals surface area contributed by atoms with Gasteiger partial charge in [-0.15, -0.1) is 0 Å². The van der Waals surface area contributed by atoms with Crippen molar-refractivity contribution < 1.29 is 23.4 Å². The fourth-order valence-corrected chi connectivity index (χ4v) is 5.48. The molecule has 1 fully saturated rings. The van der Waals surface area contributed by atoms with Crippen LogP contribution in [-0.4, -0.2) is 82.9 Å². The van der Waals surface area contributed by atoms with E-state index in [4.69, 9.17) is 19.2 Å². The van der Waals surface area contributed by atoms with E-state index in [-0.39, 0.29) is 29.9 Å². The molecule has 0 radical (unpaired) electrons. The van der Waals surface area contributed by atoms with Crippen molar-refractivity contribution in [3.05, 3.63) is 84.3 Å². The Labute approximate surface area is 249 Å². The number of nitrogens with one attached hydrogen (secondary N) is 1. The van der Waals surface area contributed by atoms with Crippen molar-refractivity contribution in [2.45, 2.75) is 25.4 Å². The summed E-state index contributed by atoms with van der Waals surface area (Å²) in [5.41, 5.74) is 1.91. The molecule has 43 heavy (non-hydrogen) atoms. The summed E-state index contributed by atoms with van der Waals surface area (Å²) in [6, 6.07) is 12.6. The summed E-state index contributed by atoms with van der Waals surface area (Å²) < 4.78 is 32.5. The molecule has 11 nitrogen and oxygen atoms in total. The van der Waals surface area contributed by atoms with E-state index in [9.17, 15) is 9.18 Å². The molecule has 1 N–H and O–H groups in total. The van der Waals surface area contributed by atoms with Gasteiger partial charge in [0.2, 0.25) is 11.9 Å². The second-order valence-electron chi connectivity index (χ2n) is 10.5. The first kappa shape index (κ1) is 28.4. The summed E-state index contributed by atoms with van der Waals surface area (Å²) in [7, 11) is 1.45. The second kappa shape index (κ2) is 13.1. The number of benzene rings is 2. The molecule has 224 valence electrons. The number of ether oxygens (including phenoxy) is 3. The summed E-state index contributed by atoms with van der Waals surface area (Å²) in [4.78, 5) is 30.9. The normalized spacial score (nSPS) is 16.6. The molecule has 2 aromatic heterocycles. The van der Waals surface area contributed by atoms with Gasteiger partial charge in [0.15, 0.2) is 23.1 Å². The van der Waals surface area contributed by atoms with Crippen LogP contribution in [-0.2, 0) is 17.8 Å². The lowest BCUT2D eigenvalue weighted by molar-refractivity contribution is -0.121. The number of fused-ring (bicyclic) bond motifs is 1. The minimum absolute atomic E-state index is 0.0474. The summed E-state index contributed by atoms with van der Waals surface area (Å²) in [5.74, 6) is 2.52. The summed E-state index contributed by atoms with van der Waals surface area (Å²) in [6.45, 7) is 4.11. The van der Waals surface area contributed by atoms with Crippen molar-refractivity contribution >= 4 is 11.7 Å². The highest BCUT2D eigenvalue weighted by atomic mass is 19.1. The zero-order valence-electron chi connectivity index (χ0n) is 24.0. The molecule has 6 rings (SSSR count). The Morgan fingerprint density at radius 3 is 2.74 bits per heavy atom. The first-order chi connectivity index (χ1) is 21.1. The zero-order valence-corrected chi connectivity index (χ0v) is 24.0. The Morgan fingerprint density at radius 1 is 1.07 bits per heavy atom. The molecule has 4 heterocycles. The average Bonchev–Trinajstić information content (AvgIpc) is 3.57. The van der Waals surface area contributed by atoms with Crippen LogP contribution in [0.5, 0.6) is 17.2 Å². The smallest absolute Gasteiger partial charge is 0.236 e. The van der Waals surface area contributed by atoms with Gasteiger partial charge in [0, 0.05) is 57.7 Å². The molecule has 0 saturated carbocycles. The van der Waals surface area contributed by atoms with Gasteiger partial charge in [0.1, 0.15) is 25.4 Å². The molecule has 12 heteroatoms. The number of hydrogen-bond acceptors (Lipinski definition) is 9. The third-order valence-electron chi connectivity index (χ3n) is 7.61. The predicted molar refractivity (Wildman–Crippen MR) is 157 cm³/mol. The van der Waals surface area contributed by atoms with E-state index in [0.717, 1.165) is 35.0 Å². The largest absolute Gasteiger partial charge is 0.494 e. The maximum Gasteiger partial charge on any atom is 0.236 e. The van der Waals surface area contributed by atoms with Gasteiger partial charge in [-0.3, -0.25) is 14.3 Å². The van der Waals surface area contributed by atoms with Crippen molar-refractivity contribution in [1.82, 2.24) is 29.7 Å². The topological polar surface area (TPSA) is 107 Å². The fraction of sp³-hybridized carbons (Fsp3) is 0.355. The second-order valence-corrected chi connectivity index (χ2v) is 10.5. The minimum Gasteiger partial charge on any atom is -0.494 e. The molecule has 2 aliphatic rings. The number of rotatable bonds is 10. The zero-order chi connectivity index (χ0) is 29.6. The number of aromatic nitrogens is 4. The fourth-order valence-electron chi connectivity index (χ4n) is 5.48. The quantitative estimate of drug-likeness (QED) is 0.300. The lowest BCUT2D eigenvalue weighted by Gasteiger charge is -2.42. The maximum absolute atomic E-state index is 14.4. The Bertz CT molecular complexity index is 1550. The number of carbonyl (C=O) groups is 1. The Balaban J connectivity index is 1.13. The van der Waals surface area contributed by atoms with Gasteiger partial charge in [-0.1, -0.05) is 12.1 Å². The summed E-state index contributed by atoms with van der Waals surface area (Å²) in [6.07, 6.45) is 7.78. The van der Waals surface area contributed by atoms with E-state index in [0.29, 0.717) is 51.8 Å². The van der Waals surface area contributed by atoms with Crippen LogP contribution in [0.1, 0.15) is 17.5 Å². The van der Waals surface area contributed by atoms with Gasteiger partial charge in [-0.25, -0.2) is 14.4 Å². The molecular weight excluding hydrogens is 553 g/mol. The van der Waals surface area contributed by atoms with E-state index in [1.807, 2.05) is 30.3 Å². The van der Waals surface area contributed by atoms with Gasteiger partial charge in [0.05, 0.1) is 13.2 Å². The Hall–Kier alpha value is -4.71. The summed E-state index contributed by atoms with van der Waals surface area (Å²) >= 11 is 0. The molecule has 0 spiro atoms. The molecule has 2 aliphatic heterocycles. The van der Waals surface area contributed by atoms with Crippen LogP contribution < -0.4 is 24.4 Å². The number of hydrogen-bond donors (Lipinski definition) is 1. The first-order valence-electron chi connectivity index (χ1n) is 14.3. The molecule has 1 amide bonds. The molecule has 0 aliphatic carbocycles. The Kier molecular flexibility index (Phi) is 8.64. The number of carbonyl (C=O) groups excluding carboxylic acids is 1. The highest BCUT2D eigenvalue weighted by Gasteiger charge is 2.30. The third kappa shape index (κ3) is 6.86. The van der Waals surface area contributed by atoms with Crippen LogP contribution in [0.25, 0.3) is 5.95 Å². The van der Waals surface area contributed by atoms with E-state index in [1.165, 1.54) is 13.2 Å². The number of anilines is 1. The third-order valence-corrected chi connectivity index (χ3v) is 7.61. The van der Waals surface area contributed by atoms with Crippen LogP contribution in [0.2, 0.25) is 0 Å². The lowest BCUT2D eigenvalue weighted by Crippen LogP contribution is -2.54. The molecule has 0 bridgehead atoms. The van der Waals surface area contributed by atoms with E-state index in [1.54, 1.807) is 35.6 Å². The SMILES string of the molecule is COc1ccc(CN2CCN(c3ccnc(-n4ccnc4)n3)C(CC(=O)NCCc3ccc4c(c3)OCCO4)C2)cc1F. The van der Waals surface area contributed by atoms with Gasteiger partial charge >= 0.3 is 0 Å². The molecule has 1 atom stereocenters. The van der Waals surface area contributed by atoms with Gasteiger partial charge in [-0.2, -0.15) is 4.98 Å². The lowest BCUT2D eigenvalue weighted by atomic mass is 10.1. The van der Waals surface area contributed by atoms with Crippen molar-refractivity contribution in [2.75, 3.05) is 51.4 Å². The monoisotopic (exact) mass is 587 g/mol. The predicted octanol–water partition coefficient (Wildman–Crippen LogP) is 3.02. The molecule has 2 aromatic carbocycles. The van der Waals surface area contributed by atoms with Crippen molar-refractivity contribution in [3.8, 4) is 23.2 Å². The van der Waals surface area contributed by atoms with E-state index >= 15 is 0 Å². The van der Waals surface area contributed by atoms with Crippen molar-refractivity contribution in [3.63, 3.8) is 0 Å². The molecule has 4 aromatic rings. The molecule has 1 saturated heterocycles. The van der Waals surface area contributed by atoms with Crippen LogP contribution in [0.15, 0.2) is 67.4 Å². The molecule has 1 unspecified atom stereocenters. The van der Waals surface area contributed by atoms with Crippen LogP contribution >= 0.6 is 0 Å². The number of halogens is 1. The minimum atomic E-state index is -0.388. The van der Waals surface area contributed by atoms with Crippen molar-refractivity contribution in [2.24, 2.45) is 0 Å². The van der Waals surface area contributed by atoms with Gasteiger partial charge < -0.3 is 24.4 Å². The van der Waals surface area contributed by atoms with Gasteiger partial charge in [0.25, 0.3) is 0 Å². The van der Waals surface area contributed by atoms with E-state index in [2.05, 4.69) is 25.1 Å². The average molecular weight is 588 g/mol. The molecular formula is C31H34FN7O4. The summed E-state index contributed by atoms with van der Waals surface area (Å²) in [5, 5.41) is 3.08. The van der Waals surface area contributed by atoms with Crippen LogP contribution in [0.4, 0.5) is 10.2 Å². The number of methoxy groups -OCH3 is 1. The Morgan fingerprint density at radius 2 is 1.93 bits per heavy atom. The van der Waals surface area contributed by atoms with E-state index < -0.39 is 0 Å². The number of imidazole rings is 1. The highest BCUT2D eigenvalue weighted by molar-refractivity contribution is 5.77. The van der Waals surface area contributed by atoms with Crippen LogP contribution in [0.3, 0.4) is 0 Å². The standard InChI is InChI=1S/C31H34FN7O4/c1-41-26-4-3-23(16-25(26)32)19-37-12-13-39(29-7-9-35-31(36-29)38-11-10-33-21-38)24(20-37)18-30(40)34-8-6-22-2-5-27-28(17-22)43-15-14-42-27/h2-5,7,9-11,16-17,21,24H,6,8,12-15,18-20H2,1H3,(H,34,40). The van der Waals surface area contributed by atoms with Crippen molar-refractivity contribution in [1.29, 1.82) is 0 Å². The highest BCUT2D eigenvalue weighted by Crippen LogP contribution is 2.31. The maximum atomic E-state index is 14.4. The van der Waals surface area contributed by atoms with Gasteiger partial charge in [-0.05, 0) is 47.9 Å².